The molecule has 0 aliphatic rings. The van der Waals surface area contributed by atoms with Gasteiger partial charge in [0.05, 0.1) is 10.2 Å². The molecule has 0 aliphatic heterocycles. The number of hydrogen-bond acceptors (Lipinski definition) is 2. The number of alkyl halides is 3. The van der Waals surface area contributed by atoms with Crippen molar-refractivity contribution in [2.45, 2.75) is 26.1 Å². The number of rotatable bonds is 5. The molecule has 108 valence electrons. The number of hydrogen-bond donors (Lipinski definition) is 1. The molecule has 7 heteroatoms. The van der Waals surface area contributed by atoms with Crippen LogP contribution in [0.4, 0.5) is 23.2 Å². The van der Waals surface area contributed by atoms with Crippen LogP contribution in [0.25, 0.3) is 0 Å². The lowest BCUT2D eigenvalue weighted by Gasteiger charge is -2.26. The van der Waals surface area contributed by atoms with Gasteiger partial charge in [0.15, 0.2) is 5.82 Å². The van der Waals surface area contributed by atoms with Crippen LogP contribution >= 0.6 is 15.9 Å². The van der Waals surface area contributed by atoms with Gasteiger partial charge < -0.3 is 10.6 Å². The average molecular weight is 343 g/mol. The third-order valence-electron chi connectivity index (χ3n) is 2.57. The Bertz CT molecular complexity index is 434. The SMILES string of the molecule is CCCN(CC(F)(F)F)c1ccc(CN)c(Br)c1F. The smallest absolute Gasteiger partial charge is 0.360 e. The maximum atomic E-state index is 14.1. The Labute approximate surface area is 117 Å². The summed E-state index contributed by atoms with van der Waals surface area (Å²) in [6.45, 7) is 0.812. The van der Waals surface area contributed by atoms with Gasteiger partial charge in [0, 0.05) is 13.1 Å². The van der Waals surface area contributed by atoms with Crippen molar-refractivity contribution in [3.8, 4) is 0 Å². The van der Waals surface area contributed by atoms with Crippen molar-refractivity contribution in [3.63, 3.8) is 0 Å². The zero-order valence-electron chi connectivity index (χ0n) is 10.4. The molecule has 0 saturated carbocycles. The number of nitrogens with zero attached hydrogens (tertiary/aromatic N) is 1. The van der Waals surface area contributed by atoms with Crippen LogP contribution in [-0.4, -0.2) is 19.3 Å². The molecule has 0 saturated heterocycles. The lowest BCUT2D eigenvalue weighted by Crippen LogP contribution is -2.35. The van der Waals surface area contributed by atoms with Crippen LogP contribution in [0, 0.1) is 5.82 Å². The van der Waals surface area contributed by atoms with E-state index < -0.39 is 18.5 Å². The summed E-state index contributed by atoms with van der Waals surface area (Å²) in [7, 11) is 0. The van der Waals surface area contributed by atoms with Crippen molar-refractivity contribution < 1.29 is 17.6 Å². The van der Waals surface area contributed by atoms with Gasteiger partial charge in [-0.25, -0.2) is 4.39 Å². The highest BCUT2D eigenvalue weighted by Crippen LogP contribution is 2.31. The summed E-state index contributed by atoms with van der Waals surface area (Å²) in [6.07, 6.45) is -3.88. The first kappa shape index (κ1) is 16.2. The zero-order chi connectivity index (χ0) is 14.6. The van der Waals surface area contributed by atoms with Crippen molar-refractivity contribution in [1.82, 2.24) is 0 Å². The van der Waals surface area contributed by atoms with Gasteiger partial charge >= 0.3 is 6.18 Å². The minimum Gasteiger partial charge on any atom is -0.360 e. The first-order valence-electron chi connectivity index (χ1n) is 5.78. The molecule has 0 unspecified atom stereocenters. The van der Waals surface area contributed by atoms with Crippen molar-refractivity contribution >= 4 is 21.6 Å². The van der Waals surface area contributed by atoms with E-state index in [2.05, 4.69) is 15.9 Å². The summed E-state index contributed by atoms with van der Waals surface area (Å²) in [6, 6.07) is 2.87. The van der Waals surface area contributed by atoms with Crippen LogP contribution in [0.15, 0.2) is 16.6 Å². The quantitative estimate of drug-likeness (QED) is 0.824. The van der Waals surface area contributed by atoms with Gasteiger partial charge in [0.25, 0.3) is 0 Å². The molecule has 0 spiro atoms. The third-order valence-corrected chi connectivity index (χ3v) is 3.42. The van der Waals surface area contributed by atoms with Crippen LogP contribution in [0.5, 0.6) is 0 Å². The van der Waals surface area contributed by atoms with Crippen LogP contribution in [0.1, 0.15) is 18.9 Å². The molecule has 1 aromatic rings. The van der Waals surface area contributed by atoms with Crippen LogP contribution in [-0.2, 0) is 6.54 Å². The fourth-order valence-corrected chi connectivity index (χ4v) is 2.25. The molecule has 0 heterocycles. The Morgan fingerprint density at radius 2 is 1.95 bits per heavy atom. The molecule has 2 nitrogen and oxygen atoms in total. The zero-order valence-corrected chi connectivity index (χ0v) is 12.0. The minimum absolute atomic E-state index is 0.0664. The Morgan fingerprint density at radius 1 is 1.32 bits per heavy atom. The number of halogens is 5. The molecule has 1 rings (SSSR count). The van der Waals surface area contributed by atoms with Crippen molar-refractivity contribution in [2.24, 2.45) is 5.73 Å². The second-order valence-corrected chi connectivity index (χ2v) is 4.91. The Balaban J connectivity index is 3.13. The van der Waals surface area contributed by atoms with E-state index in [0.717, 1.165) is 4.90 Å². The Morgan fingerprint density at radius 3 is 2.42 bits per heavy atom. The average Bonchev–Trinajstić information content (AvgIpc) is 2.30. The van der Waals surface area contributed by atoms with E-state index in [0.29, 0.717) is 12.0 Å². The lowest BCUT2D eigenvalue weighted by molar-refractivity contribution is -0.119. The van der Waals surface area contributed by atoms with E-state index in [4.69, 9.17) is 5.73 Å². The van der Waals surface area contributed by atoms with Crippen LogP contribution in [0.2, 0.25) is 0 Å². The standard InChI is InChI=1S/C12H15BrF4N2/c1-2-5-19(7-12(15,16)17)9-4-3-8(6-18)10(13)11(9)14/h3-4H,2,5-7,18H2,1H3. The molecule has 0 aromatic heterocycles. The monoisotopic (exact) mass is 342 g/mol. The molecular weight excluding hydrogens is 328 g/mol. The molecule has 19 heavy (non-hydrogen) atoms. The topological polar surface area (TPSA) is 29.3 Å². The van der Waals surface area contributed by atoms with Crippen LogP contribution < -0.4 is 10.6 Å². The van der Waals surface area contributed by atoms with Gasteiger partial charge in [0.1, 0.15) is 6.54 Å². The Kier molecular flexibility index (Phi) is 5.61. The van der Waals surface area contributed by atoms with E-state index in [9.17, 15) is 17.6 Å². The summed E-state index contributed by atoms with van der Waals surface area (Å²) in [5, 5.41) is 0. The molecule has 2 N–H and O–H groups in total. The number of benzene rings is 1. The minimum atomic E-state index is -4.37. The predicted octanol–water partition coefficient (Wildman–Crippen LogP) is 3.83. The second-order valence-electron chi connectivity index (χ2n) is 4.11. The first-order valence-corrected chi connectivity index (χ1v) is 6.58. The van der Waals surface area contributed by atoms with Crippen molar-refractivity contribution in [1.29, 1.82) is 0 Å². The largest absolute Gasteiger partial charge is 0.405 e. The molecule has 0 fully saturated rings. The highest BCUT2D eigenvalue weighted by atomic mass is 79.9. The van der Waals surface area contributed by atoms with E-state index in [-0.39, 0.29) is 23.2 Å². The third kappa shape index (κ3) is 4.35. The normalized spacial score (nSPS) is 11.7. The summed E-state index contributed by atoms with van der Waals surface area (Å²) < 4.78 is 51.7. The van der Waals surface area contributed by atoms with E-state index in [1.807, 2.05) is 0 Å². The van der Waals surface area contributed by atoms with Gasteiger partial charge in [0.2, 0.25) is 0 Å². The molecule has 0 atom stereocenters. The maximum absolute atomic E-state index is 14.1. The van der Waals surface area contributed by atoms with Crippen LogP contribution in [0.3, 0.4) is 0 Å². The second kappa shape index (κ2) is 6.56. The van der Waals surface area contributed by atoms with Gasteiger partial charge in [-0.3, -0.25) is 0 Å². The molecule has 0 aliphatic carbocycles. The van der Waals surface area contributed by atoms with E-state index in [1.54, 1.807) is 6.92 Å². The summed E-state index contributed by atoms with van der Waals surface area (Å²) in [5.74, 6) is -0.708. The predicted molar refractivity (Wildman–Crippen MR) is 70.6 cm³/mol. The molecule has 0 amide bonds. The molecule has 0 bridgehead atoms. The van der Waals surface area contributed by atoms with Gasteiger partial charge in [-0.1, -0.05) is 13.0 Å². The molecule has 0 radical (unpaired) electrons. The van der Waals surface area contributed by atoms with Gasteiger partial charge in [-0.15, -0.1) is 0 Å². The van der Waals surface area contributed by atoms with Crippen molar-refractivity contribution in [2.75, 3.05) is 18.0 Å². The first-order chi connectivity index (χ1) is 8.80. The van der Waals surface area contributed by atoms with E-state index in [1.165, 1.54) is 12.1 Å². The summed E-state index contributed by atoms with van der Waals surface area (Å²) >= 11 is 3.03. The van der Waals surface area contributed by atoms with E-state index >= 15 is 0 Å². The fourth-order valence-electron chi connectivity index (χ4n) is 1.75. The fraction of sp³-hybridized carbons (Fsp3) is 0.500. The summed E-state index contributed by atoms with van der Waals surface area (Å²) in [4.78, 5) is 0.986. The van der Waals surface area contributed by atoms with Crippen molar-refractivity contribution in [3.05, 3.63) is 28.0 Å². The summed E-state index contributed by atoms with van der Waals surface area (Å²) in [5.41, 5.74) is 5.87. The maximum Gasteiger partial charge on any atom is 0.405 e. The lowest BCUT2D eigenvalue weighted by atomic mass is 10.1. The molecular formula is C12H15BrF4N2. The highest BCUT2D eigenvalue weighted by molar-refractivity contribution is 9.10. The van der Waals surface area contributed by atoms with Gasteiger partial charge in [-0.2, -0.15) is 13.2 Å². The highest BCUT2D eigenvalue weighted by Gasteiger charge is 2.31. The number of nitrogens with two attached hydrogens (primary N) is 1. The van der Waals surface area contributed by atoms with Gasteiger partial charge in [-0.05, 0) is 34.0 Å². The molecule has 1 aromatic carbocycles. The number of anilines is 1. The Hall–Kier alpha value is -0.820.